The van der Waals surface area contributed by atoms with Gasteiger partial charge in [0, 0.05) is 12.6 Å². The quantitative estimate of drug-likeness (QED) is 0.670. The lowest BCUT2D eigenvalue weighted by Crippen LogP contribution is -2.63. The number of likely N-dealkylation sites (tertiary alicyclic amines) is 1. The van der Waals surface area contributed by atoms with Crippen LogP contribution in [-0.4, -0.2) is 47.2 Å². The first kappa shape index (κ1) is 21.6. The van der Waals surface area contributed by atoms with Crippen LogP contribution in [0.3, 0.4) is 0 Å². The van der Waals surface area contributed by atoms with Crippen molar-refractivity contribution in [3.05, 3.63) is 58.9 Å². The number of halogens is 3. The van der Waals surface area contributed by atoms with Gasteiger partial charge in [-0.1, -0.05) is 12.5 Å². The maximum Gasteiger partial charge on any atom is 0.256 e. The van der Waals surface area contributed by atoms with Gasteiger partial charge >= 0.3 is 0 Å². The van der Waals surface area contributed by atoms with E-state index in [0.29, 0.717) is 12.0 Å². The van der Waals surface area contributed by atoms with Gasteiger partial charge in [-0.15, -0.1) is 0 Å². The van der Waals surface area contributed by atoms with Crippen LogP contribution in [0.1, 0.15) is 41.6 Å². The highest BCUT2D eigenvalue weighted by Gasteiger charge is 2.43. The molecule has 0 spiro atoms. The standard InChI is InChI=1S/C23H26F3N3O2/c1-13-5-8-18(17(25)10-13)28-22-15(6-7-16(24)21(22)26)23(31)29-12-20(30)19(29)11-14-4-2-3-9-27-14/h5-8,10,14,19-20,27-28,30H,2-4,9,11-12H2,1H3/t14-,19?,20?/m0/s1. The zero-order valence-electron chi connectivity index (χ0n) is 17.3. The average molecular weight is 433 g/mol. The smallest absolute Gasteiger partial charge is 0.256 e. The number of nitrogens with zero attached hydrogens (tertiary/aromatic N) is 1. The van der Waals surface area contributed by atoms with Crippen molar-refractivity contribution in [3.8, 4) is 0 Å². The Morgan fingerprint density at radius 3 is 2.68 bits per heavy atom. The normalized spacial score (nSPS) is 23.4. The molecule has 2 aromatic carbocycles. The van der Waals surface area contributed by atoms with E-state index in [2.05, 4.69) is 10.6 Å². The van der Waals surface area contributed by atoms with Crippen LogP contribution in [0.25, 0.3) is 0 Å². The molecule has 2 saturated heterocycles. The highest BCUT2D eigenvalue weighted by atomic mass is 19.2. The Kier molecular flexibility index (Phi) is 6.20. The molecule has 166 valence electrons. The van der Waals surface area contributed by atoms with E-state index in [4.69, 9.17) is 0 Å². The number of β-amino-alcohol motifs (C(OH)–C–C–N with tert-alkyl or cyclic N) is 1. The number of piperidine rings is 1. The molecule has 2 fully saturated rings. The highest BCUT2D eigenvalue weighted by Crippen LogP contribution is 2.33. The van der Waals surface area contributed by atoms with Crippen LogP contribution in [0.2, 0.25) is 0 Å². The first-order valence-electron chi connectivity index (χ1n) is 10.6. The van der Waals surface area contributed by atoms with Crippen LogP contribution >= 0.6 is 0 Å². The fourth-order valence-electron chi connectivity index (χ4n) is 4.32. The van der Waals surface area contributed by atoms with Gasteiger partial charge in [0.15, 0.2) is 11.6 Å². The Morgan fingerprint density at radius 1 is 1.19 bits per heavy atom. The Labute approximate surface area is 179 Å². The van der Waals surface area contributed by atoms with E-state index in [0.717, 1.165) is 31.9 Å². The van der Waals surface area contributed by atoms with Crippen LogP contribution in [0.4, 0.5) is 24.5 Å². The molecule has 2 aliphatic heterocycles. The summed E-state index contributed by atoms with van der Waals surface area (Å²) >= 11 is 0. The van der Waals surface area contributed by atoms with Gasteiger partial charge < -0.3 is 20.6 Å². The van der Waals surface area contributed by atoms with Crippen molar-refractivity contribution >= 4 is 17.3 Å². The Balaban J connectivity index is 1.59. The maximum absolute atomic E-state index is 14.7. The summed E-state index contributed by atoms with van der Waals surface area (Å²) in [6, 6.07) is 6.17. The third kappa shape index (κ3) is 4.41. The molecule has 1 amide bonds. The van der Waals surface area contributed by atoms with Crippen LogP contribution in [0.15, 0.2) is 30.3 Å². The molecule has 0 aromatic heterocycles. The number of hydrogen-bond donors (Lipinski definition) is 3. The molecule has 3 atom stereocenters. The van der Waals surface area contributed by atoms with E-state index in [1.807, 2.05) is 0 Å². The van der Waals surface area contributed by atoms with E-state index in [1.54, 1.807) is 13.0 Å². The molecule has 2 aromatic rings. The van der Waals surface area contributed by atoms with Gasteiger partial charge in [-0.25, -0.2) is 13.2 Å². The second-order valence-electron chi connectivity index (χ2n) is 8.37. The predicted octanol–water partition coefficient (Wildman–Crippen LogP) is 3.87. The Hall–Kier alpha value is -2.58. The van der Waals surface area contributed by atoms with Crippen LogP contribution in [0, 0.1) is 24.4 Å². The molecule has 0 radical (unpaired) electrons. The van der Waals surface area contributed by atoms with Crippen molar-refractivity contribution < 1.29 is 23.1 Å². The van der Waals surface area contributed by atoms with Gasteiger partial charge in [0.1, 0.15) is 5.82 Å². The predicted molar refractivity (Wildman–Crippen MR) is 112 cm³/mol. The zero-order valence-corrected chi connectivity index (χ0v) is 17.3. The van der Waals surface area contributed by atoms with Crippen LogP contribution in [0.5, 0.6) is 0 Å². The van der Waals surface area contributed by atoms with E-state index in [9.17, 15) is 23.1 Å². The van der Waals surface area contributed by atoms with E-state index in [-0.39, 0.29) is 23.8 Å². The number of hydrogen-bond acceptors (Lipinski definition) is 4. The van der Waals surface area contributed by atoms with Crippen LogP contribution in [-0.2, 0) is 0 Å². The van der Waals surface area contributed by atoms with Crippen molar-refractivity contribution in [2.24, 2.45) is 0 Å². The summed E-state index contributed by atoms with van der Waals surface area (Å²) in [6.45, 7) is 2.73. The summed E-state index contributed by atoms with van der Waals surface area (Å²) in [4.78, 5) is 14.7. The van der Waals surface area contributed by atoms with Crippen molar-refractivity contribution in [1.29, 1.82) is 0 Å². The van der Waals surface area contributed by atoms with Gasteiger partial charge in [-0.2, -0.15) is 0 Å². The van der Waals surface area contributed by atoms with E-state index < -0.39 is 41.2 Å². The first-order chi connectivity index (χ1) is 14.8. The van der Waals surface area contributed by atoms with Gasteiger partial charge in [0.05, 0.1) is 29.1 Å². The summed E-state index contributed by atoms with van der Waals surface area (Å²) < 4.78 is 42.9. The molecule has 4 rings (SSSR count). The monoisotopic (exact) mass is 433 g/mol. The van der Waals surface area contributed by atoms with Gasteiger partial charge in [0.2, 0.25) is 0 Å². The number of anilines is 2. The lowest BCUT2D eigenvalue weighted by Gasteiger charge is -2.47. The molecule has 0 saturated carbocycles. The lowest BCUT2D eigenvalue weighted by molar-refractivity contribution is -0.0507. The molecule has 2 aliphatic rings. The fraction of sp³-hybridized carbons (Fsp3) is 0.435. The van der Waals surface area contributed by atoms with Gasteiger partial charge in [0.25, 0.3) is 5.91 Å². The summed E-state index contributed by atoms with van der Waals surface area (Å²) in [5.74, 6) is -3.56. The molecule has 2 heterocycles. The van der Waals surface area contributed by atoms with Crippen molar-refractivity contribution in [2.75, 3.05) is 18.4 Å². The van der Waals surface area contributed by atoms with E-state index >= 15 is 0 Å². The number of aliphatic hydroxyl groups is 1. The average Bonchev–Trinajstić information content (AvgIpc) is 2.75. The number of carbonyl (C=O) groups excluding carboxylic acids is 1. The molecule has 2 unspecified atom stereocenters. The molecule has 8 heteroatoms. The van der Waals surface area contributed by atoms with Gasteiger partial charge in [-0.05, 0) is 62.6 Å². The molecule has 31 heavy (non-hydrogen) atoms. The number of amides is 1. The van der Waals surface area contributed by atoms with E-state index in [1.165, 1.54) is 23.1 Å². The summed E-state index contributed by atoms with van der Waals surface area (Å²) in [5.41, 5.74) is 0.0969. The van der Waals surface area contributed by atoms with Gasteiger partial charge in [-0.3, -0.25) is 4.79 Å². The molecule has 5 nitrogen and oxygen atoms in total. The number of nitrogens with one attached hydrogen (secondary N) is 2. The zero-order chi connectivity index (χ0) is 22.1. The summed E-state index contributed by atoms with van der Waals surface area (Å²) in [6.07, 6.45) is 3.09. The lowest BCUT2D eigenvalue weighted by atomic mass is 9.88. The fourth-order valence-corrected chi connectivity index (χ4v) is 4.32. The molecule has 0 aliphatic carbocycles. The number of aryl methyl sites for hydroxylation is 1. The summed E-state index contributed by atoms with van der Waals surface area (Å²) in [5, 5.41) is 16.2. The SMILES string of the molecule is Cc1ccc(Nc2c(C(=O)N3CC(O)C3C[C@@H]3CCCCN3)ccc(F)c2F)c(F)c1. The van der Waals surface area contributed by atoms with Crippen molar-refractivity contribution in [3.63, 3.8) is 0 Å². The van der Waals surface area contributed by atoms with Crippen LogP contribution < -0.4 is 10.6 Å². The Bertz CT molecular complexity index is 979. The molecular weight excluding hydrogens is 407 g/mol. The summed E-state index contributed by atoms with van der Waals surface area (Å²) in [7, 11) is 0. The van der Waals surface area contributed by atoms with Crippen molar-refractivity contribution in [2.45, 2.75) is 50.8 Å². The number of carbonyl (C=O) groups is 1. The number of benzene rings is 2. The van der Waals surface area contributed by atoms with Crippen molar-refractivity contribution in [1.82, 2.24) is 10.2 Å². The highest BCUT2D eigenvalue weighted by molar-refractivity contribution is 6.01. The second-order valence-corrected chi connectivity index (χ2v) is 8.37. The topological polar surface area (TPSA) is 64.6 Å². The molecule has 3 N–H and O–H groups in total. The minimum absolute atomic E-state index is 0.0595. The third-order valence-electron chi connectivity index (χ3n) is 6.14. The molecular formula is C23H26F3N3O2. The molecule has 0 bridgehead atoms. The minimum atomic E-state index is -1.25. The maximum atomic E-state index is 14.7. The first-order valence-corrected chi connectivity index (χ1v) is 10.6. The number of rotatable bonds is 5. The third-order valence-corrected chi connectivity index (χ3v) is 6.14. The number of aliphatic hydroxyl groups excluding tert-OH is 1. The Morgan fingerprint density at radius 2 is 2.00 bits per heavy atom. The largest absolute Gasteiger partial charge is 0.389 e. The minimum Gasteiger partial charge on any atom is -0.389 e. The second kappa shape index (κ2) is 8.88.